The Kier molecular flexibility index (Phi) is 5.55. The van der Waals surface area contributed by atoms with Crippen molar-refractivity contribution in [1.82, 2.24) is 10.3 Å². The third kappa shape index (κ3) is 3.53. The van der Waals surface area contributed by atoms with E-state index in [9.17, 15) is 0 Å². The topological polar surface area (TPSA) is 52.6 Å². The minimum Gasteiger partial charge on any atom is -0.493 e. The lowest BCUT2D eigenvalue weighted by Gasteiger charge is -2.08. The van der Waals surface area contributed by atoms with Gasteiger partial charge in [-0.15, -0.1) is 11.3 Å². The van der Waals surface area contributed by atoms with Crippen LogP contribution in [0.3, 0.4) is 0 Å². The molecule has 0 fully saturated rings. The van der Waals surface area contributed by atoms with E-state index in [-0.39, 0.29) is 0 Å². The predicted octanol–water partition coefficient (Wildman–Crippen LogP) is 2.69. The Hall–Kier alpha value is -1.63. The summed E-state index contributed by atoms with van der Waals surface area (Å²) in [6.45, 7) is 1.30. The van der Waals surface area contributed by atoms with E-state index in [4.69, 9.17) is 14.2 Å². The van der Waals surface area contributed by atoms with Crippen LogP contribution in [0.4, 0.5) is 0 Å². The van der Waals surface area contributed by atoms with Gasteiger partial charge < -0.3 is 19.5 Å². The molecular formula is C15H20N2O3S. The molecule has 0 spiro atoms. The lowest BCUT2D eigenvalue weighted by atomic mass is 10.2. The molecule has 21 heavy (non-hydrogen) atoms. The van der Waals surface area contributed by atoms with Gasteiger partial charge in [-0.25, -0.2) is 4.98 Å². The van der Waals surface area contributed by atoms with Gasteiger partial charge in [0.05, 0.1) is 26.5 Å². The van der Waals surface area contributed by atoms with Crippen LogP contribution in [0.15, 0.2) is 18.2 Å². The van der Waals surface area contributed by atoms with E-state index in [1.165, 1.54) is 4.88 Å². The van der Waals surface area contributed by atoms with Gasteiger partial charge in [0.15, 0.2) is 11.5 Å². The van der Waals surface area contributed by atoms with Gasteiger partial charge in [0, 0.05) is 24.1 Å². The molecule has 0 aliphatic carbocycles. The van der Waals surface area contributed by atoms with Crippen molar-refractivity contribution in [2.24, 2.45) is 0 Å². The van der Waals surface area contributed by atoms with Gasteiger partial charge in [-0.2, -0.15) is 0 Å². The van der Waals surface area contributed by atoms with Crippen molar-refractivity contribution >= 4 is 11.3 Å². The normalized spacial score (nSPS) is 10.7. The van der Waals surface area contributed by atoms with Crippen molar-refractivity contribution in [3.05, 3.63) is 28.8 Å². The van der Waals surface area contributed by atoms with Crippen LogP contribution >= 0.6 is 11.3 Å². The minimum absolute atomic E-state index is 0.515. The van der Waals surface area contributed by atoms with E-state index in [0.29, 0.717) is 18.1 Å². The van der Waals surface area contributed by atoms with Crippen molar-refractivity contribution in [2.45, 2.75) is 13.2 Å². The zero-order valence-electron chi connectivity index (χ0n) is 12.7. The number of thiazole rings is 1. The summed E-state index contributed by atoms with van der Waals surface area (Å²) < 4.78 is 15.8. The summed E-state index contributed by atoms with van der Waals surface area (Å²) >= 11 is 1.66. The van der Waals surface area contributed by atoms with Gasteiger partial charge in [0.1, 0.15) is 5.01 Å². The summed E-state index contributed by atoms with van der Waals surface area (Å²) in [5.74, 6) is 1.42. The van der Waals surface area contributed by atoms with Gasteiger partial charge in [0.2, 0.25) is 0 Å². The van der Waals surface area contributed by atoms with Crippen LogP contribution in [0, 0.1) is 0 Å². The van der Waals surface area contributed by atoms with Gasteiger partial charge in [-0.05, 0) is 25.2 Å². The Morgan fingerprint density at radius 1 is 1.14 bits per heavy atom. The van der Waals surface area contributed by atoms with Crippen molar-refractivity contribution < 1.29 is 14.2 Å². The number of hydrogen-bond acceptors (Lipinski definition) is 6. The number of hydrogen-bond donors (Lipinski definition) is 1. The van der Waals surface area contributed by atoms with Gasteiger partial charge in [-0.1, -0.05) is 0 Å². The average Bonchev–Trinajstić information content (AvgIpc) is 2.90. The first-order chi connectivity index (χ1) is 10.2. The Labute approximate surface area is 128 Å². The third-order valence-corrected chi connectivity index (χ3v) is 4.17. The second-order valence-corrected chi connectivity index (χ2v) is 5.51. The van der Waals surface area contributed by atoms with Gasteiger partial charge in [0.25, 0.3) is 0 Å². The first kappa shape index (κ1) is 15.8. The van der Waals surface area contributed by atoms with Crippen molar-refractivity contribution in [1.29, 1.82) is 0 Å². The summed E-state index contributed by atoms with van der Waals surface area (Å²) in [5.41, 5.74) is 1.99. The molecule has 0 saturated carbocycles. The quantitative estimate of drug-likeness (QED) is 0.852. The van der Waals surface area contributed by atoms with Crippen LogP contribution in [0.2, 0.25) is 0 Å². The fraction of sp³-hybridized carbons (Fsp3) is 0.400. The number of aromatic nitrogens is 1. The molecular weight excluding hydrogens is 288 g/mol. The zero-order valence-corrected chi connectivity index (χ0v) is 13.5. The van der Waals surface area contributed by atoms with Gasteiger partial charge >= 0.3 is 0 Å². The molecule has 2 aromatic rings. The molecule has 0 bridgehead atoms. The van der Waals surface area contributed by atoms with Crippen LogP contribution in [0.5, 0.6) is 11.5 Å². The zero-order chi connectivity index (χ0) is 15.2. The Morgan fingerprint density at radius 2 is 1.90 bits per heavy atom. The first-order valence-corrected chi connectivity index (χ1v) is 7.39. The highest BCUT2D eigenvalue weighted by atomic mass is 32.1. The van der Waals surface area contributed by atoms with Crippen molar-refractivity contribution in [3.8, 4) is 22.1 Å². The average molecular weight is 308 g/mol. The molecule has 0 atom stereocenters. The maximum atomic E-state index is 5.35. The number of ether oxygens (including phenoxy) is 3. The van der Waals surface area contributed by atoms with Crippen LogP contribution < -0.4 is 14.8 Å². The molecule has 2 rings (SSSR count). The van der Waals surface area contributed by atoms with Crippen LogP contribution in [-0.4, -0.2) is 33.4 Å². The van der Waals surface area contributed by atoms with Crippen LogP contribution in [0.1, 0.15) is 10.6 Å². The summed E-state index contributed by atoms with van der Waals surface area (Å²) in [6.07, 6.45) is 0. The highest BCUT2D eigenvalue weighted by Gasteiger charge is 2.14. The molecule has 1 aromatic heterocycles. The van der Waals surface area contributed by atoms with Crippen LogP contribution in [-0.2, 0) is 17.9 Å². The van der Waals surface area contributed by atoms with Gasteiger partial charge in [-0.3, -0.25) is 0 Å². The molecule has 1 aromatic carbocycles. The highest BCUT2D eigenvalue weighted by molar-refractivity contribution is 7.15. The maximum absolute atomic E-state index is 5.35. The van der Waals surface area contributed by atoms with Crippen molar-refractivity contribution in [3.63, 3.8) is 0 Å². The molecule has 0 amide bonds. The second kappa shape index (κ2) is 7.40. The molecule has 1 heterocycles. The Bertz CT molecular complexity index is 575. The molecule has 0 unspecified atom stereocenters. The lowest BCUT2D eigenvalue weighted by Crippen LogP contribution is -2.06. The SMILES string of the molecule is CNCc1sc(-c2ccc(OC)c(OC)c2)nc1COC. The van der Waals surface area contributed by atoms with E-state index in [2.05, 4.69) is 10.3 Å². The third-order valence-electron chi connectivity index (χ3n) is 3.03. The van der Waals surface area contributed by atoms with Crippen molar-refractivity contribution in [2.75, 3.05) is 28.4 Å². The molecule has 1 N–H and O–H groups in total. The molecule has 0 aliphatic heterocycles. The lowest BCUT2D eigenvalue weighted by molar-refractivity contribution is 0.181. The van der Waals surface area contributed by atoms with E-state index in [0.717, 1.165) is 22.8 Å². The highest BCUT2D eigenvalue weighted by Crippen LogP contribution is 2.35. The molecule has 5 nitrogen and oxygen atoms in total. The largest absolute Gasteiger partial charge is 0.493 e. The van der Waals surface area contributed by atoms with E-state index < -0.39 is 0 Å². The number of nitrogens with one attached hydrogen (secondary N) is 1. The molecule has 6 heteroatoms. The fourth-order valence-electron chi connectivity index (χ4n) is 2.02. The molecule has 0 radical (unpaired) electrons. The number of methoxy groups -OCH3 is 3. The first-order valence-electron chi connectivity index (χ1n) is 6.58. The summed E-state index contributed by atoms with van der Waals surface area (Å²) in [6, 6.07) is 5.82. The second-order valence-electron chi connectivity index (χ2n) is 4.42. The smallest absolute Gasteiger partial charge is 0.161 e. The number of rotatable bonds is 7. The minimum atomic E-state index is 0.515. The predicted molar refractivity (Wildman–Crippen MR) is 84.1 cm³/mol. The molecule has 114 valence electrons. The monoisotopic (exact) mass is 308 g/mol. The Balaban J connectivity index is 2.39. The number of benzene rings is 1. The number of nitrogens with zero attached hydrogens (tertiary/aromatic N) is 1. The van der Waals surface area contributed by atoms with E-state index in [1.807, 2.05) is 25.2 Å². The van der Waals surface area contributed by atoms with Crippen LogP contribution in [0.25, 0.3) is 10.6 Å². The summed E-state index contributed by atoms with van der Waals surface area (Å²) in [7, 11) is 6.86. The van der Waals surface area contributed by atoms with E-state index in [1.54, 1.807) is 32.7 Å². The summed E-state index contributed by atoms with van der Waals surface area (Å²) in [5, 5.41) is 4.11. The fourth-order valence-corrected chi connectivity index (χ4v) is 3.10. The summed E-state index contributed by atoms with van der Waals surface area (Å²) in [4.78, 5) is 5.86. The van der Waals surface area contributed by atoms with E-state index >= 15 is 0 Å². The standard InChI is InChI=1S/C15H20N2O3S/c1-16-8-14-11(9-18-2)17-15(21-14)10-5-6-12(19-3)13(7-10)20-4/h5-7,16H,8-9H2,1-4H3. The Morgan fingerprint density at radius 3 is 2.52 bits per heavy atom. The molecule has 0 aliphatic rings. The molecule has 0 saturated heterocycles. The maximum Gasteiger partial charge on any atom is 0.161 e.